The highest BCUT2D eigenvalue weighted by Crippen LogP contribution is 2.45. The number of methoxy groups -OCH3 is 1. The van der Waals surface area contributed by atoms with Gasteiger partial charge in [-0.15, -0.1) is 0 Å². The van der Waals surface area contributed by atoms with E-state index in [-0.39, 0.29) is 31.4 Å². The van der Waals surface area contributed by atoms with Crippen LogP contribution in [0, 0.1) is 0 Å². The monoisotopic (exact) mass is 288 g/mol. The molecule has 0 saturated heterocycles. The third-order valence-corrected chi connectivity index (χ3v) is 3.43. The normalized spacial score (nSPS) is 10.2. The van der Waals surface area contributed by atoms with Crippen molar-refractivity contribution in [1.82, 2.24) is 0 Å². The van der Waals surface area contributed by atoms with Gasteiger partial charge in [0.25, 0.3) is 0 Å². The Hall–Kier alpha value is -0.350. The molecule has 0 heterocycles. The second-order valence-electron chi connectivity index (χ2n) is 2.47. The van der Waals surface area contributed by atoms with Crippen LogP contribution in [0.1, 0.15) is 10.4 Å². The first-order valence-corrected chi connectivity index (χ1v) is 5.06. The van der Waals surface area contributed by atoms with Gasteiger partial charge in [0.1, 0.15) is 10.6 Å². The Morgan fingerprint density at radius 3 is 1.93 bits per heavy atom. The summed E-state index contributed by atoms with van der Waals surface area (Å²) in [5.41, 5.74) is -0.307. The molecule has 7 heteroatoms. The molecule has 0 amide bonds. The van der Waals surface area contributed by atoms with Gasteiger partial charge in [-0.2, -0.15) is 0 Å². The number of benzene rings is 1. The summed E-state index contributed by atoms with van der Waals surface area (Å²) in [4.78, 5) is 10.9. The van der Waals surface area contributed by atoms with E-state index in [1.54, 1.807) is 0 Å². The lowest BCUT2D eigenvalue weighted by Gasteiger charge is -2.11. The van der Waals surface area contributed by atoms with Gasteiger partial charge in [-0.1, -0.05) is 46.4 Å². The number of carboxylic acids is 1. The number of carboxylic acid groups (broad SMARTS) is 1. The van der Waals surface area contributed by atoms with Crippen LogP contribution < -0.4 is 4.74 Å². The highest BCUT2D eigenvalue weighted by molar-refractivity contribution is 6.53. The first-order chi connectivity index (χ1) is 6.91. The molecule has 0 bridgehead atoms. The highest BCUT2D eigenvalue weighted by atomic mass is 35.5. The van der Waals surface area contributed by atoms with Crippen LogP contribution in [0.3, 0.4) is 0 Å². The van der Waals surface area contributed by atoms with E-state index in [0.29, 0.717) is 0 Å². The van der Waals surface area contributed by atoms with Crippen LogP contribution in [0.5, 0.6) is 5.75 Å². The topological polar surface area (TPSA) is 46.5 Å². The van der Waals surface area contributed by atoms with Crippen LogP contribution >= 0.6 is 46.4 Å². The van der Waals surface area contributed by atoms with Gasteiger partial charge in [0.05, 0.1) is 22.2 Å². The van der Waals surface area contributed by atoms with Crippen molar-refractivity contribution in [1.29, 1.82) is 0 Å². The molecule has 0 atom stereocenters. The summed E-state index contributed by atoms with van der Waals surface area (Å²) in [7, 11) is 1.26. The molecule has 1 aromatic rings. The molecule has 1 rings (SSSR count). The molecule has 0 aliphatic rings. The minimum atomic E-state index is -1.29. The predicted octanol–water partition coefficient (Wildman–Crippen LogP) is 4.01. The van der Waals surface area contributed by atoms with E-state index in [0.717, 1.165) is 0 Å². The summed E-state index contributed by atoms with van der Waals surface area (Å²) in [5.74, 6) is -1.40. The van der Waals surface area contributed by atoms with Gasteiger partial charge in [-0.3, -0.25) is 0 Å². The van der Waals surface area contributed by atoms with Crippen molar-refractivity contribution in [3.63, 3.8) is 0 Å². The zero-order chi connectivity index (χ0) is 11.7. The first-order valence-electron chi connectivity index (χ1n) is 3.55. The molecule has 15 heavy (non-hydrogen) atoms. The second kappa shape index (κ2) is 4.66. The molecule has 0 aromatic heterocycles. The Morgan fingerprint density at radius 1 is 1.07 bits per heavy atom. The van der Waals surface area contributed by atoms with Crippen LogP contribution in [0.25, 0.3) is 0 Å². The number of aromatic carboxylic acids is 1. The third-order valence-electron chi connectivity index (χ3n) is 1.64. The zero-order valence-electron chi connectivity index (χ0n) is 7.28. The van der Waals surface area contributed by atoms with Gasteiger partial charge in [-0.25, -0.2) is 4.79 Å². The van der Waals surface area contributed by atoms with Crippen molar-refractivity contribution in [2.45, 2.75) is 0 Å². The standard InChI is InChI=1S/C8H4Cl4O3/c1-15-7-2(8(13)14)3(9)4(10)5(11)6(7)12/h1H3,(H,13,14). The predicted molar refractivity (Wildman–Crippen MR) is 60.0 cm³/mol. The Morgan fingerprint density at radius 2 is 1.53 bits per heavy atom. The van der Waals surface area contributed by atoms with E-state index in [4.69, 9.17) is 56.2 Å². The lowest BCUT2D eigenvalue weighted by atomic mass is 10.2. The first kappa shape index (κ1) is 12.7. The fourth-order valence-electron chi connectivity index (χ4n) is 0.994. The van der Waals surface area contributed by atoms with E-state index in [2.05, 4.69) is 0 Å². The summed E-state index contributed by atoms with van der Waals surface area (Å²) >= 11 is 22.9. The zero-order valence-corrected chi connectivity index (χ0v) is 10.3. The number of hydrogen-bond acceptors (Lipinski definition) is 2. The number of halogens is 4. The molecule has 0 fully saturated rings. The van der Waals surface area contributed by atoms with E-state index in [1.165, 1.54) is 7.11 Å². The summed E-state index contributed by atoms with van der Waals surface area (Å²) in [6, 6.07) is 0. The van der Waals surface area contributed by atoms with Crippen LogP contribution in [0.2, 0.25) is 20.1 Å². The summed E-state index contributed by atoms with van der Waals surface area (Å²) in [5, 5.41) is 8.47. The van der Waals surface area contributed by atoms with Crippen LogP contribution in [-0.2, 0) is 0 Å². The summed E-state index contributed by atoms with van der Waals surface area (Å²) in [6.45, 7) is 0. The molecule has 82 valence electrons. The van der Waals surface area contributed by atoms with Crippen molar-refractivity contribution in [2.75, 3.05) is 7.11 Å². The van der Waals surface area contributed by atoms with E-state index in [1.807, 2.05) is 0 Å². The Bertz CT molecular complexity index is 431. The fourth-order valence-corrected chi connectivity index (χ4v) is 1.99. The van der Waals surface area contributed by atoms with Crippen molar-refractivity contribution in [3.05, 3.63) is 25.7 Å². The molecule has 0 unspecified atom stereocenters. The maximum Gasteiger partial charge on any atom is 0.341 e. The summed E-state index contributed by atoms with van der Waals surface area (Å²) < 4.78 is 4.81. The molecule has 0 radical (unpaired) electrons. The molecule has 0 aliphatic heterocycles. The molecule has 0 aliphatic carbocycles. The quantitative estimate of drug-likeness (QED) is 0.661. The van der Waals surface area contributed by atoms with E-state index >= 15 is 0 Å². The minimum Gasteiger partial charge on any atom is -0.494 e. The molecule has 1 N–H and O–H groups in total. The molecule has 3 nitrogen and oxygen atoms in total. The van der Waals surface area contributed by atoms with Gasteiger partial charge in [0.15, 0.2) is 5.75 Å². The van der Waals surface area contributed by atoms with E-state index < -0.39 is 5.97 Å². The maximum atomic E-state index is 10.9. The molecule has 1 aromatic carbocycles. The van der Waals surface area contributed by atoms with Crippen molar-refractivity contribution < 1.29 is 14.6 Å². The summed E-state index contributed by atoms with van der Waals surface area (Å²) in [6.07, 6.45) is 0. The maximum absolute atomic E-state index is 10.9. The van der Waals surface area contributed by atoms with Crippen LogP contribution in [-0.4, -0.2) is 18.2 Å². The Kier molecular flexibility index (Phi) is 3.95. The van der Waals surface area contributed by atoms with E-state index in [9.17, 15) is 4.79 Å². The average Bonchev–Trinajstić information content (AvgIpc) is 2.19. The largest absolute Gasteiger partial charge is 0.494 e. The third kappa shape index (κ3) is 2.11. The highest BCUT2D eigenvalue weighted by Gasteiger charge is 2.25. The van der Waals surface area contributed by atoms with Crippen molar-refractivity contribution in [3.8, 4) is 5.75 Å². The van der Waals surface area contributed by atoms with Gasteiger partial charge in [0, 0.05) is 0 Å². The molecule has 0 saturated carbocycles. The molecular weight excluding hydrogens is 286 g/mol. The van der Waals surface area contributed by atoms with Gasteiger partial charge < -0.3 is 9.84 Å². The number of ether oxygens (including phenoxy) is 1. The minimum absolute atomic E-state index is 0.0369. The molecule has 0 spiro atoms. The SMILES string of the molecule is COc1c(Cl)c(Cl)c(Cl)c(Cl)c1C(=O)O. The van der Waals surface area contributed by atoms with Gasteiger partial charge >= 0.3 is 5.97 Å². The number of carbonyl (C=O) groups is 1. The lowest BCUT2D eigenvalue weighted by molar-refractivity contribution is 0.0693. The fraction of sp³-hybridized carbons (Fsp3) is 0.125. The number of rotatable bonds is 2. The average molecular weight is 290 g/mol. The van der Waals surface area contributed by atoms with Gasteiger partial charge in [-0.05, 0) is 0 Å². The Balaban J connectivity index is 3.70. The van der Waals surface area contributed by atoms with Gasteiger partial charge in [0.2, 0.25) is 0 Å². The smallest absolute Gasteiger partial charge is 0.341 e. The molecular formula is C8H4Cl4O3. The van der Waals surface area contributed by atoms with Crippen molar-refractivity contribution >= 4 is 52.4 Å². The van der Waals surface area contributed by atoms with Crippen LogP contribution in [0.15, 0.2) is 0 Å². The van der Waals surface area contributed by atoms with Crippen molar-refractivity contribution in [2.24, 2.45) is 0 Å². The lowest BCUT2D eigenvalue weighted by Crippen LogP contribution is -2.03. The Labute approximate surface area is 105 Å². The second-order valence-corrected chi connectivity index (χ2v) is 3.98. The van der Waals surface area contributed by atoms with Crippen LogP contribution in [0.4, 0.5) is 0 Å². The number of hydrogen-bond donors (Lipinski definition) is 1.